The highest BCUT2D eigenvalue weighted by Gasteiger charge is 2.15. The predicted molar refractivity (Wildman–Crippen MR) is 110 cm³/mol. The van der Waals surface area contributed by atoms with E-state index in [-0.39, 0.29) is 17.2 Å². The summed E-state index contributed by atoms with van der Waals surface area (Å²) in [4.78, 5) is 32.6. The SMILES string of the molecule is CC(O)CCCCn1c(=O)c2[nH]c(NCc3ccc(Cl)cc3)nc2n(C)c1=O. The van der Waals surface area contributed by atoms with Crippen LogP contribution in [0.2, 0.25) is 5.02 Å². The monoisotopic (exact) mass is 405 g/mol. The summed E-state index contributed by atoms with van der Waals surface area (Å²) in [5.74, 6) is 0.420. The van der Waals surface area contributed by atoms with Gasteiger partial charge < -0.3 is 15.4 Å². The van der Waals surface area contributed by atoms with Crippen molar-refractivity contribution in [2.45, 2.75) is 45.4 Å². The lowest BCUT2D eigenvalue weighted by atomic mass is 10.2. The normalized spacial score (nSPS) is 12.4. The van der Waals surface area contributed by atoms with Crippen molar-refractivity contribution < 1.29 is 5.11 Å². The summed E-state index contributed by atoms with van der Waals surface area (Å²) < 4.78 is 2.58. The van der Waals surface area contributed by atoms with Crippen molar-refractivity contribution in [1.29, 1.82) is 0 Å². The van der Waals surface area contributed by atoms with Crippen molar-refractivity contribution in [3.63, 3.8) is 0 Å². The lowest BCUT2D eigenvalue weighted by molar-refractivity contribution is 0.180. The van der Waals surface area contributed by atoms with Gasteiger partial charge in [0.15, 0.2) is 11.2 Å². The van der Waals surface area contributed by atoms with Crippen LogP contribution < -0.4 is 16.6 Å². The molecule has 0 aliphatic carbocycles. The zero-order valence-electron chi connectivity index (χ0n) is 15.9. The third-order valence-electron chi connectivity index (χ3n) is 4.61. The van der Waals surface area contributed by atoms with E-state index in [4.69, 9.17) is 11.6 Å². The maximum absolute atomic E-state index is 12.7. The molecule has 0 aliphatic heterocycles. The van der Waals surface area contributed by atoms with E-state index in [2.05, 4.69) is 15.3 Å². The summed E-state index contributed by atoms with van der Waals surface area (Å²) in [6.45, 7) is 2.53. The number of anilines is 1. The Morgan fingerprint density at radius 2 is 1.96 bits per heavy atom. The maximum Gasteiger partial charge on any atom is 0.332 e. The Balaban J connectivity index is 1.81. The molecule has 8 nitrogen and oxygen atoms in total. The second-order valence-electron chi connectivity index (χ2n) is 6.91. The molecule has 1 aromatic carbocycles. The average molecular weight is 406 g/mol. The summed E-state index contributed by atoms with van der Waals surface area (Å²) in [6.07, 6.45) is 1.63. The van der Waals surface area contributed by atoms with Crippen LogP contribution in [-0.4, -0.2) is 30.3 Å². The molecule has 0 saturated heterocycles. The molecule has 0 radical (unpaired) electrons. The van der Waals surface area contributed by atoms with E-state index < -0.39 is 5.69 Å². The van der Waals surface area contributed by atoms with E-state index in [0.717, 1.165) is 12.0 Å². The molecule has 1 atom stereocenters. The van der Waals surface area contributed by atoms with E-state index in [0.29, 0.717) is 42.5 Å². The quantitative estimate of drug-likeness (QED) is 0.498. The number of hydrogen-bond donors (Lipinski definition) is 3. The zero-order chi connectivity index (χ0) is 20.3. The van der Waals surface area contributed by atoms with Gasteiger partial charge in [-0.05, 0) is 43.9 Å². The third kappa shape index (κ3) is 4.45. The number of unbranched alkanes of at least 4 members (excludes halogenated alkanes) is 1. The smallest absolute Gasteiger partial charge is 0.332 e. The summed E-state index contributed by atoms with van der Waals surface area (Å²) >= 11 is 5.89. The maximum atomic E-state index is 12.7. The van der Waals surface area contributed by atoms with Crippen LogP contribution in [-0.2, 0) is 20.1 Å². The molecule has 0 fully saturated rings. The van der Waals surface area contributed by atoms with E-state index in [1.807, 2.05) is 12.1 Å². The number of H-pyrrole nitrogens is 1. The molecule has 0 spiro atoms. The van der Waals surface area contributed by atoms with Crippen LogP contribution in [0.1, 0.15) is 31.7 Å². The largest absolute Gasteiger partial charge is 0.393 e. The summed E-state index contributed by atoms with van der Waals surface area (Å²) in [5.41, 5.74) is 0.826. The molecule has 0 bridgehead atoms. The minimum absolute atomic E-state index is 0.288. The van der Waals surface area contributed by atoms with Crippen LogP contribution in [0.25, 0.3) is 11.2 Å². The van der Waals surface area contributed by atoms with Crippen molar-refractivity contribution in [2.24, 2.45) is 7.05 Å². The molecular weight excluding hydrogens is 382 g/mol. The molecule has 2 heterocycles. The van der Waals surface area contributed by atoms with Crippen molar-refractivity contribution in [2.75, 3.05) is 5.32 Å². The van der Waals surface area contributed by atoms with Gasteiger partial charge in [-0.2, -0.15) is 4.98 Å². The van der Waals surface area contributed by atoms with Gasteiger partial charge in [0.1, 0.15) is 0 Å². The molecule has 0 amide bonds. The predicted octanol–water partition coefficient (Wildman–Crippen LogP) is 2.24. The van der Waals surface area contributed by atoms with Crippen LogP contribution in [0.15, 0.2) is 33.9 Å². The Kier molecular flexibility index (Phi) is 6.21. The number of aromatic amines is 1. The topological polar surface area (TPSA) is 105 Å². The first-order valence-electron chi connectivity index (χ1n) is 9.22. The second-order valence-corrected chi connectivity index (χ2v) is 7.34. The van der Waals surface area contributed by atoms with Crippen molar-refractivity contribution in [3.05, 3.63) is 55.7 Å². The molecule has 0 aliphatic rings. The van der Waals surface area contributed by atoms with Crippen LogP contribution in [0, 0.1) is 0 Å². The number of aryl methyl sites for hydroxylation is 1. The fraction of sp³-hybridized carbons (Fsp3) is 0.421. The Morgan fingerprint density at radius 1 is 1.25 bits per heavy atom. The molecular formula is C19H24ClN5O3. The van der Waals surface area contributed by atoms with Gasteiger partial charge in [0.25, 0.3) is 5.56 Å². The number of aliphatic hydroxyl groups is 1. The lowest BCUT2D eigenvalue weighted by Gasteiger charge is -2.08. The third-order valence-corrected chi connectivity index (χ3v) is 4.86. The Labute approximate surface area is 166 Å². The van der Waals surface area contributed by atoms with Crippen LogP contribution in [0.4, 0.5) is 5.95 Å². The van der Waals surface area contributed by atoms with E-state index >= 15 is 0 Å². The van der Waals surface area contributed by atoms with Gasteiger partial charge in [0, 0.05) is 25.2 Å². The van der Waals surface area contributed by atoms with Gasteiger partial charge in [0.05, 0.1) is 6.10 Å². The number of hydrogen-bond acceptors (Lipinski definition) is 5. The van der Waals surface area contributed by atoms with Crippen molar-refractivity contribution in [3.8, 4) is 0 Å². The van der Waals surface area contributed by atoms with E-state index in [9.17, 15) is 14.7 Å². The van der Waals surface area contributed by atoms with Gasteiger partial charge in [-0.25, -0.2) is 4.79 Å². The van der Waals surface area contributed by atoms with Crippen LogP contribution in [0.5, 0.6) is 0 Å². The van der Waals surface area contributed by atoms with Gasteiger partial charge in [-0.1, -0.05) is 23.7 Å². The number of aromatic nitrogens is 4. The van der Waals surface area contributed by atoms with Gasteiger partial charge in [0.2, 0.25) is 5.95 Å². The standard InChI is InChI=1S/C19H24ClN5O3/c1-12(26)5-3-4-10-25-17(27)15-16(24(2)19(25)28)23-18(22-15)21-11-13-6-8-14(20)9-7-13/h6-9,12,26H,3-5,10-11H2,1-2H3,(H2,21,22,23). The summed E-state index contributed by atoms with van der Waals surface area (Å²) in [5, 5.41) is 13.1. The summed E-state index contributed by atoms with van der Waals surface area (Å²) in [7, 11) is 1.60. The number of nitrogens with zero attached hydrogens (tertiary/aromatic N) is 3. The van der Waals surface area contributed by atoms with Crippen molar-refractivity contribution in [1.82, 2.24) is 19.1 Å². The molecule has 150 valence electrons. The first-order chi connectivity index (χ1) is 13.4. The minimum atomic E-state index is -0.398. The van der Waals surface area contributed by atoms with Gasteiger partial charge in [-0.3, -0.25) is 13.9 Å². The number of imidazole rings is 1. The fourth-order valence-electron chi connectivity index (χ4n) is 3.03. The first kappa shape index (κ1) is 20.2. The zero-order valence-corrected chi connectivity index (χ0v) is 16.7. The Hall–Kier alpha value is -2.58. The lowest BCUT2D eigenvalue weighted by Crippen LogP contribution is -2.39. The highest BCUT2D eigenvalue weighted by Crippen LogP contribution is 2.13. The molecule has 28 heavy (non-hydrogen) atoms. The van der Waals surface area contributed by atoms with Crippen molar-refractivity contribution >= 4 is 28.7 Å². The van der Waals surface area contributed by atoms with Gasteiger partial charge >= 0.3 is 5.69 Å². The molecule has 2 aromatic heterocycles. The minimum Gasteiger partial charge on any atom is -0.393 e. The Morgan fingerprint density at radius 3 is 2.64 bits per heavy atom. The van der Waals surface area contributed by atoms with Gasteiger partial charge in [-0.15, -0.1) is 0 Å². The molecule has 3 aromatic rings. The fourth-order valence-corrected chi connectivity index (χ4v) is 3.15. The molecule has 3 rings (SSSR count). The number of halogens is 1. The molecule has 3 N–H and O–H groups in total. The molecule has 0 saturated carbocycles. The van der Waals surface area contributed by atoms with Crippen LogP contribution in [0.3, 0.4) is 0 Å². The second kappa shape index (κ2) is 8.62. The van der Waals surface area contributed by atoms with E-state index in [1.54, 1.807) is 26.1 Å². The van der Waals surface area contributed by atoms with Crippen LogP contribution >= 0.6 is 11.6 Å². The number of fused-ring (bicyclic) bond motifs is 1. The van der Waals surface area contributed by atoms with E-state index in [1.165, 1.54) is 9.13 Å². The first-order valence-corrected chi connectivity index (χ1v) is 9.60. The Bertz CT molecular complexity index is 1070. The average Bonchev–Trinajstić information content (AvgIpc) is 3.10. The number of benzene rings is 1. The number of rotatable bonds is 8. The highest BCUT2D eigenvalue weighted by molar-refractivity contribution is 6.30. The molecule has 9 heteroatoms. The molecule has 1 unspecified atom stereocenters. The summed E-state index contributed by atoms with van der Waals surface area (Å²) in [6, 6.07) is 7.40. The number of nitrogens with one attached hydrogen (secondary N) is 2. The highest BCUT2D eigenvalue weighted by atomic mass is 35.5. The number of aliphatic hydroxyl groups excluding tert-OH is 1.